The van der Waals surface area contributed by atoms with E-state index in [1.807, 2.05) is 0 Å². The van der Waals surface area contributed by atoms with Gasteiger partial charge in [0.1, 0.15) is 110 Å². The first-order valence-corrected chi connectivity index (χ1v) is 18.0. The number of hydrogen-bond acceptors (Lipinski definition) is 21. The molecule has 61 heavy (non-hydrogen) atoms. The van der Waals surface area contributed by atoms with Crippen LogP contribution in [-0.2, 0) is 35.0 Å². The standard InChI is InChI=1S/C39H44O22/c40-19-4-1-17(2-5-19)3-6-32(50)59-15-26(46)37(55)36(54)25(45)14-58-30-11-21-28(57-13-24(44)35(53)38(56)27(47)16-60-33(51)12-31(48)49)9-20(41)10-29(21)61-39(30)18-7-22(42)34(52)23(43)8-18/h1-10,24-27,35-38,40-47,52-56H,11-16H2,(H,48,49)/t24-,25-,26+,27+,35+,36+,37+,38+/m0/s1. The van der Waals surface area contributed by atoms with Crippen molar-refractivity contribution >= 4 is 29.7 Å². The summed E-state index contributed by atoms with van der Waals surface area (Å²) >= 11 is 0. The first-order valence-electron chi connectivity index (χ1n) is 18.0. The van der Waals surface area contributed by atoms with Crippen molar-refractivity contribution < 1.29 is 110 Å². The van der Waals surface area contributed by atoms with Gasteiger partial charge < -0.3 is 95.2 Å². The maximum Gasteiger partial charge on any atom is 0.330 e. The van der Waals surface area contributed by atoms with Gasteiger partial charge in [-0.15, -0.1) is 0 Å². The molecule has 3 aromatic carbocycles. The largest absolute Gasteiger partial charge is 0.508 e. The van der Waals surface area contributed by atoms with Crippen molar-refractivity contribution in [3.8, 4) is 40.2 Å². The summed E-state index contributed by atoms with van der Waals surface area (Å²) in [6, 6.07) is 9.83. The fourth-order valence-corrected chi connectivity index (χ4v) is 5.46. The van der Waals surface area contributed by atoms with Crippen LogP contribution in [0.4, 0.5) is 0 Å². The van der Waals surface area contributed by atoms with Crippen molar-refractivity contribution in [2.24, 2.45) is 0 Å². The smallest absolute Gasteiger partial charge is 0.330 e. The Kier molecular flexibility index (Phi) is 16.5. The number of allylic oxidation sites excluding steroid dienone is 1. The van der Waals surface area contributed by atoms with Gasteiger partial charge in [0.05, 0.1) is 0 Å². The number of carbonyl (C=O) groups excluding carboxylic acids is 2. The van der Waals surface area contributed by atoms with Crippen LogP contribution in [0.3, 0.4) is 0 Å². The second-order valence-electron chi connectivity index (χ2n) is 13.5. The number of ether oxygens (including phenoxy) is 5. The van der Waals surface area contributed by atoms with Crippen molar-refractivity contribution in [2.75, 3.05) is 26.4 Å². The molecule has 1 aliphatic heterocycles. The van der Waals surface area contributed by atoms with Crippen molar-refractivity contribution in [3.63, 3.8) is 0 Å². The molecule has 0 fully saturated rings. The lowest BCUT2D eigenvalue weighted by molar-refractivity contribution is -0.159. The van der Waals surface area contributed by atoms with Gasteiger partial charge in [0.2, 0.25) is 0 Å². The number of fused-ring (bicyclic) bond motifs is 1. The number of aliphatic carboxylic acids is 1. The Bertz CT molecular complexity index is 2040. The molecule has 0 saturated carbocycles. The molecule has 0 radical (unpaired) electrons. The third-order valence-electron chi connectivity index (χ3n) is 8.81. The predicted octanol–water partition coefficient (Wildman–Crippen LogP) is -1.92. The van der Waals surface area contributed by atoms with Crippen LogP contribution in [0.1, 0.15) is 23.1 Å². The first kappa shape index (κ1) is 47.3. The molecular weight excluding hydrogens is 820 g/mol. The SMILES string of the molecule is O=C(O)CC(=O)OC[C@@H](O)[C@@H](O)[C@H](O)[C@@H](O)COc1cc(O)cc2c1CC(OC[C@H](O)[C@@H](O)[C@H](O)[C@H](O)COC(=O)C=Cc1ccc(O)cc1)=C(c1cc(O)c(O)c(O)c1)O2. The van der Waals surface area contributed by atoms with E-state index in [1.54, 1.807) is 0 Å². The van der Waals surface area contributed by atoms with Gasteiger partial charge in [-0.3, -0.25) is 9.59 Å². The minimum Gasteiger partial charge on any atom is -0.508 e. The molecule has 1 heterocycles. The third-order valence-corrected chi connectivity index (χ3v) is 8.81. The zero-order valence-corrected chi connectivity index (χ0v) is 31.7. The molecule has 0 bridgehead atoms. The first-order chi connectivity index (χ1) is 28.7. The Morgan fingerprint density at radius 1 is 0.656 bits per heavy atom. The maximum atomic E-state index is 12.1. The summed E-state index contributed by atoms with van der Waals surface area (Å²) in [6.45, 7) is -3.44. The van der Waals surface area contributed by atoms with Crippen LogP contribution >= 0.6 is 0 Å². The van der Waals surface area contributed by atoms with Crippen LogP contribution in [0.5, 0.6) is 40.2 Å². The number of carboxylic acid groups (broad SMARTS) is 1. The van der Waals surface area contributed by atoms with E-state index in [1.165, 1.54) is 30.3 Å². The average molecular weight is 865 g/mol. The molecule has 8 atom stereocenters. The van der Waals surface area contributed by atoms with Crippen molar-refractivity contribution in [2.45, 2.75) is 61.7 Å². The predicted molar refractivity (Wildman–Crippen MR) is 202 cm³/mol. The van der Waals surface area contributed by atoms with Gasteiger partial charge in [0.25, 0.3) is 0 Å². The molecule has 0 aromatic heterocycles. The number of carboxylic acids is 1. The molecule has 22 heteroatoms. The summed E-state index contributed by atoms with van der Waals surface area (Å²) in [5.41, 5.74) is 0.457. The topological polar surface area (TPSA) is 381 Å². The van der Waals surface area contributed by atoms with Crippen molar-refractivity contribution in [3.05, 3.63) is 77.1 Å². The summed E-state index contributed by atoms with van der Waals surface area (Å²) in [7, 11) is 0. The van der Waals surface area contributed by atoms with E-state index in [0.717, 1.165) is 30.3 Å². The highest BCUT2D eigenvalue weighted by molar-refractivity contribution is 5.90. The zero-order chi connectivity index (χ0) is 45.1. The number of aliphatic hydroxyl groups excluding tert-OH is 8. The Morgan fingerprint density at radius 3 is 1.74 bits per heavy atom. The van der Waals surface area contributed by atoms with Gasteiger partial charge >= 0.3 is 17.9 Å². The Balaban J connectivity index is 1.46. The molecule has 0 spiro atoms. The van der Waals surface area contributed by atoms with Gasteiger partial charge in [0, 0.05) is 35.8 Å². The van der Waals surface area contributed by atoms with E-state index >= 15 is 0 Å². The summed E-state index contributed by atoms with van der Waals surface area (Å²) < 4.78 is 26.7. The van der Waals surface area contributed by atoms with Crippen LogP contribution < -0.4 is 9.47 Å². The van der Waals surface area contributed by atoms with Crippen molar-refractivity contribution in [1.82, 2.24) is 0 Å². The summed E-state index contributed by atoms with van der Waals surface area (Å²) in [6.07, 6.45) is -15.4. The minimum atomic E-state index is -2.14. The van der Waals surface area contributed by atoms with E-state index in [9.17, 15) is 80.8 Å². The second-order valence-corrected chi connectivity index (χ2v) is 13.5. The van der Waals surface area contributed by atoms with Gasteiger partial charge in [-0.2, -0.15) is 0 Å². The number of hydrogen-bond donors (Lipinski definition) is 14. The number of phenols is 5. The number of aliphatic hydroxyl groups is 8. The Morgan fingerprint density at radius 2 is 1.18 bits per heavy atom. The zero-order valence-electron chi connectivity index (χ0n) is 31.7. The lowest BCUT2D eigenvalue weighted by Crippen LogP contribution is -2.48. The van der Waals surface area contributed by atoms with E-state index in [-0.39, 0.29) is 46.3 Å². The lowest BCUT2D eigenvalue weighted by atomic mass is 10.0. The van der Waals surface area contributed by atoms with Gasteiger partial charge in [-0.1, -0.05) is 12.1 Å². The third kappa shape index (κ3) is 13.1. The van der Waals surface area contributed by atoms with Crippen LogP contribution in [-0.4, -0.2) is 165 Å². The van der Waals surface area contributed by atoms with E-state index in [2.05, 4.69) is 4.74 Å². The molecule has 0 amide bonds. The molecule has 0 saturated heterocycles. The van der Waals surface area contributed by atoms with E-state index < -0.39 is 123 Å². The fourth-order valence-electron chi connectivity index (χ4n) is 5.46. The Hall–Kier alpha value is -6.37. The molecule has 14 N–H and O–H groups in total. The number of phenolic OH excluding ortho intramolecular Hbond substituents is 5. The maximum absolute atomic E-state index is 12.1. The number of rotatable bonds is 21. The van der Waals surface area contributed by atoms with Crippen LogP contribution in [0.15, 0.2) is 60.4 Å². The second kappa shape index (κ2) is 21.2. The molecule has 0 aliphatic carbocycles. The molecule has 1 aliphatic rings. The summed E-state index contributed by atoms with van der Waals surface area (Å²) in [4.78, 5) is 34.2. The van der Waals surface area contributed by atoms with Gasteiger partial charge in [-0.05, 0) is 35.9 Å². The highest BCUT2D eigenvalue weighted by Crippen LogP contribution is 2.45. The van der Waals surface area contributed by atoms with Crippen LogP contribution in [0, 0.1) is 0 Å². The minimum absolute atomic E-state index is 0.00404. The van der Waals surface area contributed by atoms with E-state index in [0.29, 0.717) is 5.56 Å². The lowest BCUT2D eigenvalue weighted by Gasteiger charge is -2.29. The summed E-state index contributed by atoms with van der Waals surface area (Å²) in [5, 5.41) is 142. The average Bonchev–Trinajstić information content (AvgIpc) is 3.22. The number of carbonyl (C=O) groups is 3. The molecule has 332 valence electrons. The van der Waals surface area contributed by atoms with Crippen LogP contribution in [0.2, 0.25) is 0 Å². The highest BCUT2D eigenvalue weighted by Gasteiger charge is 2.35. The molecular formula is C39H44O22. The quantitative estimate of drug-likeness (QED) is 0.0240. The highest BCUT2D eigenvalue weighted by atomic mass is 16.6. The number of benzene rings is 3. The molecule has 22 nitrogen and oxygen atoms in total. The monoisotopic (exact) mass is 864 g/mol. The van der Waals surface area contributed by atoms with Crippen molar-refractivity contribution in [1.29, 1.82) is 0 Å². The molecule has 4 rings (SSSR count). The summed E-state index contributed by atoms with van der Waals surface area (Å²) in [5.74, 6) is -7.59. The normalized spacial score (nSPS) is 16.5. The Labute approximate surface area is 344 Å². The number of aromatic hydroxyl groups is 5. The fraction of sp³-hybridized carbons (Fsp3) is 0.359. The molecule has 3 aromatic rings. The number of esters is 2. The van der Waals surface area contributed by atoms with E-state index in [4.69, 9.17) is 24.1 Å². The van der Waals surface area contributed by atoms with Crippen LogP contribution in [0.25, 0.3) is 11.8 Å². The van der Waals surface area contributed by atoms with Gasteiger partial charge in [-0.25, -0.2) is 4.79 Å². The molecule has 0 unspecified atom stereocenters. The van der Waals surface area contributed by atoms with Gasteiger partial charge in [0.15, 0.2) is 23.0 Å².